The highest BCUT2D eigenvalue weighted by atomic mass is 32.1. The normalized spacial score (nSPS) is 12.9. The second kappa shape index (κ2) is 7.76. The number of aryl methyl sites for hydroxylation is 1. The zero-order valence-electron chi connectivity index (χ0n) is 10.5. The molecule has 3 nitrogen and oxygen atoms in total. The van der Waals surface area contributed by atoms with Crippen LogP contribution in [0.25, 0.3) is 0 Å². The molecule has 0 radical (unpaired) electrons. The van der Waals surface area contributed by atoms with Crippen molar-refractivity contribution in [3.63, 3.8) is 0 Å². The summed E-state index contributed by atoms with van der Waals surface area (Å²) in [5.74, 6) is 0. The second-order valence-electron chi connectivity index (χ2n) is 3.96. The molecule has 1 unspecified atom stereocenters. The van der Waals surface area contributed by atoms with Gasteiger partial charge in [0.1, 0.15) is 0 Å². The van der Waals surface area contributed by atoms with Gasteiger partial charge in [0.05, 0.1) is 5.01 Å². The molecule has 1 aromatic heterocycles. The van der Waals surface area contributed by atoms with Crippen molar-refractivity contribution in [3.8, 4) is 0 Å². The van der Waals surface area contributed by atoms with Crippen LogP contribution in [0.15, 0.2) is 6.20 Å². The Kier molecular flexibility index (Phi) is 6.61. The van der Waals surface area contributed by atoms with Gasteiger partial charge in [-0.1, -0.05) is 6.92 Å². The standard InChI is InChI=1S/C12H22N2OS/c1-4-11-9-14-12(16-11)5-7-13-10(2)6-8-15-3/h9-10,13H,4-8H2,1-3H3. The zero-order chi connectivity index (χ0) is 11.8. The Morgan fingerprint density at radius 1 is 1.56 bits per heavy atom. The Hall–Kier alpha value is -0.450. The molecular weight excluding hydrogens is 220 g/mol. The topological polar surface area (TPSA) is 34.2 Å². The van der Waals surface area contributed by atoms with Crippen molar-refractivity contribution in [1.29, 1.82) is 0 Å². The Morgan fingerprint density at radius 3 is 3.00 bits per heavy atom. The van der Waals surface area contributed by atoms with Crippen LogP contribution in [-0.2, 0) is 17.6 Å². The highest BCUT2D eigenvalue weighted by molar-refractivity contribution is 7.11. The fraction of sp³-hybridized carbons (Fsp3) is 0.750. The minimum atomic E-state index is 0.519. The largest absolute Gasteiger partial charge is 0.385 e. The van der Waals surface area contributed by atoms with Gasteiger partial charge in [0, 0.05) is 43.8 Å². The van der Waals surface area contributed by atoms with Gasteiger partial charge in [-0.05, 0) is 19.8 Å². The number of ether oxygens (including phenoxy) is 1. The molecule has 1 heterocycles. The van der Waals surface area contributed by atoms with E-state index in [0.29, 0.717) is 6.04 Å². The monoisotopic (exact) mass is 242 g/mol. The summed E-state index contributed by atoms with van der Waals surface area (Å²) in [6, 6.07) is 0.519. The molecule has 0 saturated carbocycles. The zero-order valence-corrected chi connectivity index (χ0v) is 11.3. The quantitative estimate of drug-likeness (QED) is 0.759. The molecule has 0 aromatic carbocycles. The number of hydrogen-bond acceptors (Lipinski definition) is 4. The fourth-order valence-electron chi connectivity index (χ4n) is 1.45. The summed E-state index contributed by atoms with van der Waals surface area (Å²) in [6.07, 6.45) is 5.18. The van der Waals surface area contributed by atoms with Crippen LogP contribution in [0.3, 0.4) is 0 Å². The van der Waals surface area contributed by atoms with Gasteiger partial charge >= 0.3 is 0 Å². The molecule has 0 aliphatic carbocycles. The molecule has 16 heavy (non-hydrogen) atoms. The predicted molar refractivity (Wildman–Crippen MR) is 69.2 cm³/mol. The molecule has 1 rings (SSSR count). The first-order valence-corrected chi connectivity index (χ1v) is 6.73. The number of nitrogens with one attached hydrogen (secondary N) is 1. The molecule has 0 saturated heterocycles. The van der Waals surface area contributed by atoms with Crippen LogP contribution in [0.2, 0.25) is 0 Å². The van der Waals surface area contributed by atoms with Crippen molar-refractivity contribution < 1.29 is 4.74 Å². The molecule has 1 aromatic rings. The van der Waals surface area contributed by atoms with Crippen LogP contribution in [0.1, 0.15) is 30.2 Å². The lowest BCUT2D eigenvalue weighted by Crippen LogP contribution is -2.29. The summed E-state index contributed by atoms with van der Waals surface area (Å²) in [5, 5.41) is 4.72. The average Bonchev–Trinajstić information content (AvgIpc) is 2.74. The third-order valence-corrected chi connectivity index (χ3v) is 3.74. The Morgan fingerprint density at radius 2 is 2.38 bits per heavy atom. The third-order valence-electron chi connectivity index (χ3n) is 2.54. The number of thiazole rings is 1. The van der Waals surface area contributed by atoms with E-state index in [2.05, 4.69) is 24.1 Å². The van der Waals surface area contributed by atoms with Gasteiger partial charge in [-0.25, -0.2) is 4.98 Å². The van der Waals surface area contributed by atoms with E-state index in [4.69, 9.17) is 4.74 Å². The van der Waals surface area contributed by atoms with Crippen molar-refractivity contribution in [2.75, 3.05) is 20.3 Å². The van der Waals surface area contributed by atoms with Crippen LogP contribution in [0.5, 0.6) is 0 Å². The van der Waals surface area contributed by atoms with E-state index < -0.39 is 0 Å². The highest BCUT2D eigenvalue weighted by Crippen LogP contribution is 2.13. The smallest absolute Gasteiger partial charge is 0.0940 e. The number of methoxy groups -OCH3 is 1. The molecular formula is C12H22N2OS. The Bertz CT molecular complexity index is 288. The number of aromatic nitrogens is 1. The summed E-state index contributed by atoms with van der Waals surface area (Å²) >= 11 is 1.83. The van der Waals surface area contributed by atoms with Crippen LogP contribution in [0, 0.1) is 0 Å². The molecule has 0 aliphatic heterocycles. The lowest BCUT2D eigenvalue weighted by atomic mass is 10.2. The van der Waals surface area contributed by atoms with Gasteiger partial charge < -0.3 is 10.1 Å². The van der Waals surface area contributed by atoms with Gasteiger partial charge in [0.2, 0.25) is 0 Å². The maximum atomic E-state index is 5.04. The van der Waals surface area contributed by atoms with Gasteiger partial charge in [-0.2, -0.15) is 0 Å². The predicted octanol–water partition coefficient (Wildman–Crippen LogP) is 2.26. The lowest BCUT2D eigenvalue weighted by molar-refractivity contribution is 0.185. The van der Waals surface area contributed by atoms with E-state index >= 15 is 0 Å². The molecule has 0 amide bonds. The van der Waals surface area contributed by atoms with Crippen LogP contribution < -0.4 is 5.32 Å². The minimum Gasteiger partial charge on any atom is -0.385 e. The van der Waals surface area contributed by atoms with E-state index in [1.807, 2.05) is 17.5 Å². The molecule has 1 N–H and O–H groups in total. The summed E-state index contributed by atoms with van der Waals surface area (Å²) in [4.78, 5) is 5.78. The lowest BCUT2D eigenvalue weighted by Gasteiger charge is -2.12. The van der Waals surface area contributed by atoms with E-state index in [0.717, 1.165) is 32.4 Å². The number of nitrogens with zero attached hydrogens (tertiary/aromatic N) is 1. The van der Waals surface area contributed by atoms with Crippen LogP contribution in [-0.4, -0.2) is 31.3 Å². The van der Waals surface area contributed by atoms with E-state index in [1.165, 1.54) is 9.88 Å². The van der Waals surface area contributed by atoms with Crippen molar-refractivity contribution in [3.05, 3.63) is 16.1 Å². The van der Waals surface area contributed by atoms with Crippen LogP contribution in [0.4, 0.5) is 0 Å². The van der Waals surface area contributed by atoms with Crippen molar-refractivity contribution in [1.82, 2.24) is 10.3 Å². The van der Waals surface area contributed by atoms with Crippen molar-refractivity contribution in [2.45, 2.75) is 39.2 Å². The van der Waals surface area contributed by atoms with Gasteiger partial charge in [-0.3, -0.25) is 0 Å². The third kappa shape index (κ3) is 5.05. The maximum absolute atomic E-state index is 5.04. The van der Waals surface area contributed by atoms with Gasteiger partial charge in [0.15, 0.2) is 0 Å². The Balaban J connectivity index is 2.14. The second-order valence-corrected chi connectivity index (χ2v) is 5.16. The molecule has 92 valence electrons. The molecule has 0 spiro atoms. The number of rotatable bonds is 8. The first kappa shape index (κ1) is 13.6. The summed E-state index contributed by atoms with van der Waals surface area (Å²) < 4.78 is 5.04. The molecule has 0 bridgehead atoms. The fourth-order valence-corrected chi connectivity index (χ4v) is 2.31. The highest BCUT2D eigenvalue weighted by Gasteiger charge is 2.03. The summed E-state index contributed by atoms with van der Waals surface area (Å²) in [7, 11) is 1.74. The SMILES string of the molecule is CCc1cnc(CCNC(C)CCOC)s1. The molecule has 1 atom stereocenters. The van der Waals surface area contributed by atoms with E-state index in [9.17, 15) is 0 Å². The van der Waals surface area contributed by atoms with E-state index in [-0.39, 0.29) is 0 Å². The summed E-state index contributed by atoms with van der Waals surface area (Å²) in [6.45, 7) is 6.19. The van der Waals surface area contributed by atoms with Gasteiger partial charge in [-0.15, -0.1) is 11.3 Å². The first-order chi connectivity index (χ1) is 7.76. The molecule has 4 heteroatoms. The average molecular weight is 242 g/mol. The van der Waals surface area contributed by atoms with E-state index in [1.54, 1.807) is 7.11 Å². The molecule has 0 aliphatic rings. The number of hydrogen-bond donors (Lipinski definition) is 1. The minimum absolute atomic E-state index is 0.519. The Labute approximate surface area is 102 Å². The maximum Gasteiger partial charge on any atom is 0.0940 e. The van der Waals surface area contributed by atoms with Crippen molar-refractivity contribution >= 4 is 11.3 Å². The van der Waals surface area contributed by atoms with Gasteiger partial charge in [0.25, 0.3) is 0 Å². The summed E-state index contributed by atoms with van der Waals surface area (Å²) in [5.41, 5.74) is 0. The first-order valence-electron chi connectivity index (χ1n) is 5.92. The van der Waals surface area contributed by atoms with Crippen LogP contribution >= 0.6 is 11.3 Å². The van der Waals surface area contributed by atoms with Crippen molar-refractivity contribution in [2.24, 2.45) is 0 Å². The molecule has 0 fully saturated rings.